The third kappa shape index (κ3) is 4.02. The number of amides is 1. The van der Waals surface area contributed by atoms with Gasteiger partial charge in [-0.3, -0.25) is 9.59 Å². The van der Waals surface area contributed by atoms with Crippen LogP contribution in [0.3, 0.4) is 0 Å². The number of hydrogen-bond acceptors (Lipinski definition) is 4. The van der Waals surface area contributed by atoms with Gasteiger partial charge in [-0.15, -0.1) is 0 Å². The summed E-state index contributed by atoms with van der Waals surface area (Å²) in [4.78, 5) is 25.7. The van der Waals surface area contributed by atoms with Crippen LogP contribution >= 0.6 is 0 Å². The van der Waals surface area contributed by atoms with Crippen molar-refractivity contribution >= 4 is 17.5 Å². The number of carbonyl (C=O) groups is 2. The highest BCUT2D eigenvalue weighted by atomic mass is 16.4. The van der Waals surface area contributed by atoms with Crippen LogP contribution in [0.4, 0.5) is 5.82 Å². The summed E-state index contributed by atoms with van der Waals surface area (Å²) in [6, 6.07) is 1.91. The summed E-state index contributed by atoms with van der Waals surface area (Å²) >= 11 is 0. The Morgan fingerprint density at radius 2 is 1.79 bits per heavy atom. The van der Waals surface area contributed by atoms with Crippen molar-refractivity contribution in [3.63, 3.8) is 0 Å². The molecule has 0 aromatic carbocycles. The second-order valence-electron chi connectivity index (χ2n) is 11.0. The number of carbonyl (C=O) groups excluding carboxylic acids is 2. The van der Waals surface area contributed by atoms with Crippen molar-refractivity contribution in [1.82, 2.24) is 9.78 Å². The van der Waals surface area contributed by atoms with E-state index in [1.807, 2.05) is 45.4 Å². The zero-order valence-electron chi connectivity index (χ0n) is 19.1. The lowest BCUT2D eigenvalue weighted by Crippen LogP contribution is -2.27. The van der Waals surface area contributed by atoms with E-state index in [1.54, 1.807) is 6.92 Å². The van der Waals surface area contributed by atoms with Gasteiger partial charge in [-0.2, -0.15) is 5.10 Å². The molecule has 6 heteroatoms. The van der Waals surface area contributed by atoms with Crippen LogP contribution in [0.5, 0.6) is 0 Å². The SMILES string of the molecule is Cc1c(C(=O)Nc2cc(C(C)(C)C)nn2C(C)(C)C)oc2c1C(=O)CC(C)(C)C2. The lowest BCUT2D eigenvalue weighted by molar-refractivity contribution is 0.0898. The highest BCUT2D eigenvalue weighted by molar-refractivity contribution is 6.07. The number of ketones is 1. The maximum atomic E-state index is 13.1. The fourth-order valence-corrected chi connectivity index (χ4v) is 3.82. The maximum Gasteiger partial charge on any atom is 0.292 e. The van der Waals surface area contributed by atoms with Gasteiger partial charge in [-0.1, -0.05) is 34.6 Å². The lowest BCUT2D eigenvalue weighted by Gasteiger charge is -2.27. The minimum absolute atomic E-state index is 0.0475. The van der Waals surface area contributed by atoms with Gasteiger partial charge in [0.1, 0.15) is 11.6 Å². The summed E-state index contributed by atoms with van der Waals surface area (Å²) in [6.45, 7) is 18.3. The normalized spacial score (nSPS) is 16.7. The Bertz CT molecular complexity index is 978. The first kappa shape index (κ1) is 21.3. The van der Waals surface area contributed by atoms with E-state index >= 15 is 0 Å². The molecule has 1 amide bonds. The molecule has 0 saturated heterocycles. The highest BCUT2D eigenvalue weighted by Crippen LogP contribution is 2.38. The molecule has 1 aliphatic carbocycles. The van der Waals surface area contributed by atoms with Crippen LogP contribution in [0.1, 0.15) is 99.7 Å². The summed E-state index contributed by atoms with van der Waals surface area (Å²) in [5.41, 5.74) is 1.49. The van der Waals surface area contributed by atoms with E-state index in [-0.39, 0.29) is 33.8 Å². The highest BCUT2D eigenvalue weighted by Gasteiger charge is 2.37. The zero-order valence-corrected chi connectivity index (χ0v) is 19.1. The second kappa shape index (κ2) is 6.57. The van der Waals surface area contributed by atoms with Crippen LogP contribution in [0, 0.1) is 12.3 Å². The molecule has 29 heavy (non-hydrogen) atoms. The number of nitrogens with one attached hydrogen (secondary N) is 1. The van der Waals surface area contributed by atoms with Gasteiger partial charge in [0.2, 0.25) is 0 Å². The summed E-state index contributed by atoms with van der Waals surface area (Å²) in [7, 11) is 0. The van der Waals surface area contributed by atoms with Crippen LogP contribution in [0.2, 0.25) is 0 Å². The molecular formula is C23H33N3O3. The first-order valence-corrected chi connectivity index (χ1v) is 10.2. The molecule has 0 bridgehead atoms. The summed E-state index contributed by atoms with van der Waals surface area (Å²) in [6.07, 6.45) is 1.11. The van der Waals surface area contributed by atoms with E-state index in [4.69, 9.17) is 9.52 Å². The van der Waals surface area contributed by atoms with Gasteiger partial charge in [0.05, 0.1) is 16.8 Å². The molecule has 1 N–H and O–H groups in total. The third-order valence-corrected chi connectivity index (χ3v) is 5.34. The molecule has 0 radical (unpaired) electrons. The first-order valence-electron chi connectivity index (χ1n) is 10.2. The zero-order chi connectivity index (χ0) is 21.9. The van der Waals surface area contributed by atoms with Crippen molar-refractivity contribution in [2.24, 2.45) is 5.41 Å². The van der Waals surface area contributed by atoms with Crippen LogP contribution in [-0.2, 0) is 17.4 Å². The van der Waals surface area contributed by atoms with Crippen LogP contribution in [0.15, 0.2) is 10.5 Å². The number of fused-ring (bicyclic) bond motifs is 1. The Morgan fingerprint density at radius 3 is 2.34 bits per heavy atom. The Balaban J connectivity index is 1.98. The van der Waals surface area contributed by atoms with Crippen molar-refractivity contribution in [2.45, 2.75) is 86.1 Å². The number of furan rings is 1. The molecule has 2 heterocycles. The molecule has 0 fully saturated rings. The van der Waals surface area contributed by atoms with Crippen molar-refractivity contribution in [3.05, 3.63) is 34.4 Å². The molecule has 1 aliphatic rings. The number of anilines is 1. The van der Waals surface area contributed by atoms with Gasteiger partial charge >= 0.3 is 0 Å². The van der Waals surface area contributed by atoms with Crippen molar-refractivity contribution < 1.29 is 14.0 Å². The Kier molecular flexibility index (Phi) is 4.84. The predicted octanol–water partition coefficient (Wildman–Crippen LogP) is 5.24. The van der Waals surface area contributed by atoms with Crippen LogP contribution in [0.25, 0.3) is 0 Å². The van der Waals surface area contributed by atoms with Crippen LogP contribution < -0.4 is 5.32 Å². The fourth-order valence-electron chi connectivity index (χ4n) is 3.82. The Morgan fingerprint density at radius 1 is 1.17 bits per heavy atom. The van der Waals surface area contributed by atoms with Gasteiger partial charge in [-0.25, -0.2) is 4.68 Å². The quantitative estimate of drug-likeness (QED) is 0.749. The number of rotatable bonds is 2. The summed E-state index contributed by atoms with van der Waals surface area (Å²) < 4.78 is 7.75. The average Bonchev–Trinajstić information content (AvgIpc) is 3.07. The van der Waals surface area contributed by atoms with Crippen molar-refractivity contribution in [1.29, 1.82) is 0 Å². The number of aromatic nitrogens is 2. The molecule has 158 valence electrons. The van der Waals surface area contributed by atoms with Gasteiger partial charge in [0, 0.05) is 29.9 Å². The van der Waals surface area contributed by atoms with Gasteiger partial charge in [0.15, 0.2) is 11.5 Å². The third-order valence-electron chi connectivity index (χ3n) is 5.34. The molecule has 0 aliphatic heterocycles. The largest absolute Gasteiger partial charge is 0.455 e. The lowest BCUT2D eigenvalue weighted by atomic mass is 9.76. The minimum Gasteiger partial charge on any atom is -0.455 e. The maximum absolute atomic E-state index is 13.1. The summed E-state index contributed by atoms with van der Waals surface area (Å²) in [5.74, 6) is 1.14. The second-order valence-corrected chi connectivity index (χ2v) is 11.0. The van der Waals surface area contributed by atoms with E-state index < -0.39 is 0 Å². The molecule has 0 saturated carbocycles. The van der Waals surface area contributed by atoms with Crippen molar-refractivity contribution in [3.8, 4) is 0 Å². The monoisotopic (exact) mass is 399 g/mol. The number of Topliss-reactive ketones (excluding diaryl/α,β-unsaturated/α-hetero) is 1. The molecular weight excluding hydrogens is 366 g/mol. The van der Waals surface area contributed by atoms with Gasteiger partial charge < -0.3 is 9.73 Å². The number of nitrogens with zero attached hydrogens (tertiary/aromatic N) is 2. The molecule has 0 atom stereocenters. The van der Waals surface area contributed by atoms with Gasteiger partial charge in [0.25, 0.3) is 5.91 Å². The molecule has 0 spiro atoms. The van der Waals surface area contributed by atoms with E-state index in [1.165, 1.54) is 0 Å². The van der Waals surface area contributed by atoms with Crippen molar-refractivity contribution in [2.75, 3.05) is 5.32 Å². The molecule has 0 unspecified atom stereocenters. The topological polar surface area (TPSA) is 77.1 Å². The predicted molar refractivity (Wildman–Crippen MR) is 114 cm³/mol. The number of hydrogen-bond donors (Lipinski definition) is 1. The molecule has 6 nitrogen and oxygen atoms in total. The van der Waals surface area contributed by atoms with Crippen LogP contribution in [-0.4, -0.2) is 21.5 Å². The average molecular weight is 400 g/mol. The smallest absolute Gasteiger partial charge is 0.292 e. The first-order chi connectivity index (χ1) is 13.1. The Labute approximate surface area is 173 Å². The molecule has 2 aromatic heterocycles. The Hall–Kier alpha value is -2.37. The van der Waals surface area contributed by atoms with E-state index in [0.29, 0.717) is 35.5 Å². The fraction of sp³-hybridized carbons (Fsp3) is 0.609. The van der Waals surface area contributed by atoms with E-state index in [2.05, 4.69) is 26.1 Å². The van der Waals surface area contributed by atoms with Gasteiger partial charge in [-0.05, 0) is 33.1 Å². The van der Waals surface area contributed by atoms with E-state index in [9.17, 15) is 9.59 Å². The minimum atomic E-state index is -0.353. The molecule has 2 aromatic rings. The summed E-state index contributed by atoms with van der Waals surface area (Å²) in [5, 5.41) is 7.70. The standard InChI is InChI=1S/C23H33N3O3/c1-13-18-14(27)11-23(8,9)12-15(18)29-19(13)20(28)24-17-10-16(21(2,3)4)25-26(17)22(5,6)7/h10H,11-12H2,1-9H3,(H,24,28). The molecule has 3 rings (SSSR count). The van der Waals surface area contributed by atoms with E-state index in [0.717, 1.165) is 5.69 Å².